The first-order valence-corrected chi connectivity index (χ1v) is 0.775. The van der Waals surface area contributed by atoms with E-state index in [0.29, 0.717) is 0 Å². The molecule has 7 heavy (non-hydrogen) atoms. The zero-order valence-corrected chi connectivity index (χ0v) is 2.42. The van der Waals surface area contributed by atoms with E-state index in [0.717, 1.165) is 0 Å². The van der Waals surface area contributed by atoms with Gasteiger partial charge in [-0.05, 0) is 0 Å². The van der Waals surface area contributed by atoms with Crippen molar-refractivity contribution in [3.8, 4) is 0 Å². The molecule has 0 radical (unpaired) electrons. The van der Waals surface area contributed by atoms with Crippen LogP contribution in [0.2, 0.25) is 0 Å². The van der Waals surface area contributed by atoms with Gasteiger partial charge in [0.1, 0.15) is 0 Å². The molecule has 0 amide bonds. The Morgan fingerprint density at radius 3 is 1.00 bits per heavy atom. The summed E-state index contributed by atoms with van der Waals surface area (Å²) >= 11 is 0. The molecule has 0 saturated heterocycles. The molecule has 0 aromatic rings. The van der Waals surface area contributed by atoms with Crippen molar-refractivity contribution in [2.24, 2.45) is 0 Å². The van der Waals surface area contributed by atoms with Crippen LogP contribution in [0.4, 0.5) is 0 Å². The third kappa shape index (κ3) is 56.6. The van der Waals surface area contributed by atoms with Gasteiger partial charge in [0.25, 0.3) is 0 Å². The molecule has 7 heteroatoms. The van der Waals surface area contributed by atoms with E-state index in [1.54, 1.807) is 0 Å². The van der Waals surface area contributed by atoms with Gasteiger partial charge in [0.15, 0.2) is 0 Å². The second-order valence-electron chi connectivity index (χ2n) is 0.346. The van der Waals surface area contributed by atoms with Crippen LogP contribution in [-0.4, -0.2) is 109 Å². The van der Waals surface area contributed by atoms with Gasteiger partial charge >= 0.3 is 88.3 Å². The fraction of sp³-hybridized carbons (Fsp3) is 0. The van der Waals surface area contributed by atoms with Crippen LogP contribution in [0.3, 0.4) is 0 Å². The van der Waals surface area contributed by atoms with Crippen molar-refractivity contribution in [3.63, 3.8) is 0 Å². The van der Waals surface area contributed by atoms with Gasteiger partial charge in [0.05, 0.1) is 0 Å². The Morgan fingerprint density at radius 1 is 1.00 bits per heavy atom. The van der Waals surface area contributed by atoms with Crippen molar-refractivity contribution in [3.05, 3.63) is 0 Å². The SMILES string of the molecule is O.OB(O)O.[KH].[NaH]. The molecule has 4 nitrogen and oxygen atoms in total. The minimum absolute atomic E-state index is 0. The molecule has 0 aromatic carbocycles. The maximum absolute atomic E-state index is 7.17. The quantitative estimate of drug-likeness (QED) is 0.301. The van der Waals surface area contributed by atoms with E-state index in [4.69, 9.17) is 15.1 Å². The molecule has 5 N–H and O–H groups in total. The van der Waals surface area contributed by atoms with Gasteiger partial charge in [-0.3, -0.25) is 0 Å². The standard InChI is InChI=1S/BH3O3.K.Na.H2O.2H/c2-1(3)4;;;;;/h2-4H;;;1H2;;. The van der Waals surface area contributed by atoms with E-state index in [9.17, 15) is 0 Å². The van der Waals surface area contributed by atoms with Gasteiger partial charge in [-0.15, -0.1) is 0 Å². The third-order valence-corrected chi connectivity index (χ3v) is 0. The van der Waals surface area contributed by atoms with Crippen LogP contribution in [-0.2, 0) is 0 Å². The zero-order chi connectivity index (χ0) is 3.58. The molecule has 0 aliphatic rings. The monoisotopic (exact) mass is 144 g/mol. The van der Waals surface area contributed by atoms with Crippen molar-refractivity contribution >= 4 is 88.3 Å². The Morgan fingerprint density at radius 2 is 1.00 bits per heavy atom. The Hall–Kier alpha value is 2.54. The van der Waals surface area contributed by atoms with Crippen LogP contribution in [0.15, 0.2) is 0 Å². The molecule has 0 aliphatic heterocycles. The number of hydrogen-bond donors (Lipinski definition) is 3. The third-order valence-electron chi connectivity index (χ3n) is 0. The van der Waals surface area contributed by atoms with Crippen molar-refractivity contribution in [2.75, 3.05) is 0 Å². The zero-order valence-electron chi connectivity index (χ0n) is 2.42. The summed E-state index contributed by atoms with van der Waals surface area (Å²) in [6, 6.07) is 0. The Kier molecular flexibility index (Phi) is 51.2. The van der Waals surface area contributed by atoms with E-state index in [2.05, 4.69) is 0 Å². The Labute approximate surface area is 107 Å². The molecule has 0 atom stereocenters. The number of rotatable bonds is 0. The van der Waals surface area contributed by atoms with Gasteiger partial charge in [-0.1, -0.05) is 0 Å². The van der Waals surface area contributed by atoms with Crippen LogP contribution in [0.1, 0.15) is 0 Å². The molecule has 0 rings (SSSR count). The molecule has 0 unspecified atom stereocenters. The predicted octanol–water partition coefficient (Wildman–Crippen LogP) is -4.17. The van der Waals surface area contributed by atoms with Crippen molar-refractivity contribution in [1.82, 2.24) is 0 Å². The summed E-state index contributed by atoms with van der Waals surface area (Å²) in [5.41, 5.74) is 0. The topological polar surface area (TPSA) is 92.2 Å². The van der Waals surface area contributed by atoms with E-state index >= 15 is 0 Å². The summed E-state index contributed by atoms with van der Waals surface area (Å²) in [7, 11) is -2.17. The summed E-state index contributed by atoms with van der Waals surface area (Å²) in [6.45, 7) is 0. The molecule has 0 heterocycles. The van der Waals surface area contributed by atoms with Crippen molar-refractivity contribution in [1.29, 1.82) is 0 Å². The molecule has 0 spiro atoms. The van der Waals surface area contributed by atoms with Gasteiger partial charge in [-0.25, -0.2) is 0 Å². The molecule has 0 aromatic heterocycles. The summed E-state index contributed by atoms with van der Waals surface area (Å²) in [4.78, 5) is 0. The Balaban J connectivity index is -0.0000000150. The second kappa shape index (κ2) is 15.8. The van der Waals surface area contributed by atoms with E-state index in [1.807, 2.05) is 0 Å². The van der Waals surface area contributed by atoms with Gasteiger partial charge in [0.2, 0.25) is 0 Å². The fourth-order valence-corrected chi connectivity index (χ4v) is 0. The van der Waals surface area contributed by atoms with Crippen molar-refractivity contribution in [2.45, 2.75) is 0 Å². The normalized spacial score (nSPS) is 3.86. The van der Waals surface area contributed by atoms with Crippen LogP contribution in [0, 0.1) is 0 Å². The first-order chi connectivity index (χ1) is 1.73. The number of hydrogen-bond acceptors (Lipinski definition) is 3. The molecule has 0 aliphatic carbocycles. The molecule has 0 fully saturated rings. The second-order valence-corrected chi connectivity index (χ2v) is 0.346. The summed E-state index contributed by atoms with van der Waals surface area (Å²) in [5.74, 6) is 0. The van der Waals surface area contributed by atoms with Gasteiger partial charge < -0.3 is 20.5 Å². The van der Waals surface area contributed by atoms with Gasteiger partial charge in [-0.2, -0.15) is 0 Å². The van der Waals surface area contributed by atoms with Crippen LogP contribution >= 0.6 is 0 Å². The minimum atomic E-state index is -2.17. The Bertz CT molecular complexity index is 16.4. The average molecular weight is 144 g/mol. The van der Waals surface area contributed by atoms with Crippen LogP contribution in [0.25, 0.3) is 0 Å². The summed E-state index contributed by atoms with van der Waals surface area (Å²) in [6.07, 6.45) is 0. The predicted molar refractivity (Wildman–Crippen MR) is 30.3 cm³/mol. The molecule has 0 bridgehead atoms. The van der Waals surface area contributed by atoms with E-state index in [1.165, 1.54) is 0 Å². The van der Waals surface area contributed by atoms with E-state index < -0.39 is 7.32 Å². The molecular weight excluding hydrogens is 137 g/mol. The van der Waals surface area contributed by atoms with Gasteiger partial charge in [0, 0.05) is 0 Å². The first-order valence-electron chi connectivity index (χ1n) is 0.775. The summed E-state index contributed by atoms with van der Waals surface area (Å²) in [5, 5.41) is 21.5. The van der Waals surface area contributed by atoms with Crippen molar-refractivity contribution < 1.29 is 20.5 Å². The first kappa shape index (κ1) is 22.7. The van der Waals surface area contributed by atoms with Crippen LogP contribution < -0.4 is 0 Å². The van der Waals surface area contributed by atoms with E-state index in [-0.39, 0.29) is 86.4 Å². The fourth-order valence-electron chi connectivity index (χ4n) is 0. The molecular formula is H7BKNaO4. The van der Waals surface area contributed by atoms with Crippen LogP contribution in [0.5, 0.6) is 0 Å². The summed E-state index contributed by atoms with van der Waals surface area (Å²) < 4.78 is 0. The average Bonchev–Trinajstić information content (AvgIpc) is 0.811. The molecule has 36 valence electrons. The maximum atomic E-state index is 7.17. The molecule has 0 saturated carbocycles.